The Bertz CT molecular complexity index is 1560. The van der Waals surface area contributed by atoms with Crippen molar-refractivity contribution in [3.63, 3.8) is 0 Å². The van der Waals surface area contributed by atoms with Crippen LogP contribution < -0.4 is 9.46 Å². The molecule has 1 aliphatic heterocycles. The van der Waals surface area contributed by atoms with Crippen LogP contribution in [0.15, 0.2) is 39.9 Å². The molecule has 2 aromatic heterocycles. The average Bonchev–Trinajstić information content (AvgIpc) is 3.17. The molecule has 2 aromatic carbocycles. The van der Waals surface area contributed by atoms with E-state index in [1.165, 1.54) is 13.2 Å². The van der Waals surface area contributed by atoms with Gasteiger partial charge in [-0.1, -0.05) is 16.8 Å². The van der Waals surface area contributed by atoms with E-state index in [1.807, 2.05) is 0 Å². The van der Waals surface area contributed by atoms with E-state index in [-0.39, 0.29) is 50.6 Å². The third-order valence-electron chi connectivity index (χ3n) is 5.37. The maximum absolute atomic E-state index is 14.7. The van der Waals surface area contributed by atoms with E-state index in [9.17, 15) is 21.6 Å². The molecule has 0 amide bonds. The first-order chi connectivity index (χ1) is 15.7. The summed E-state index contributed by atoms with van der Waals surface area (Å²) in [6.07, 6.45) is 1.45. The Labute approximate surface area is 190 Å². The van der Waals surface area contributed by atoms with E-state index in [0.717, 1.165) is 18.3 Å². The van der Waals surface area contributed by atoms with Crippen molar-refractivity contribution in [1.29, 1.82) is 0 Å². The summed E-state index contributed by atoms with van der Waals surface area (Å²) >= 11 is 6.33. The zero-order chi connectivity index (χ0) is 23.5. The Morgan fingerprint density at radius 2 is 1.88 bits per heavy atom. The number of rotatable bonds is 1. The van der Waals surface area contributed by atoms with Crippen molar-refractivity contribution in [1.82, 2.24) is 10.1 Å². The molecule has 4 aromatic rings. The third-order valence-corrected chi connectivity index (χ3v) is 7.09. The molecule has 12 heteroatoms. The lowest BCUT2D eigenvalue weighted by molar-refractivity contribution is 0.400. The number of pyridine rings is 1. The molecule has 0 saturated carbocycles. The molecule has 3 heterocycles. The molecule has 0 atom stereocenters. The van der Waals surface area contributed by atoms with Crippen LogP contribution in [-0.4, -0.2) is 25.7 Å². The van der Waals surface area contributed by atoms with Crippen LogP contribution in [0.5, 0.6) is 5.75 Å². The van der Waals surface area contributed by atoms with Gasteiger partial charge in [-0.05, 0) is 36.6 Å². The number of sulfonamides is 1. The van der Waals surface area contributed by atoms with Crippen LogP contribution in [0.25, 0.3) is 22.1 Å². The predicted molar refractivity (Wildman–Crippen MR) is 113 cm³/mol. The Kier molecular flexibility index (Phi) is 4.98. The summed E-state index contributed by atoms with van der Waals surface area (Å²) in [4.78, 5) is 3.19. The fourth-order valence-electron chi connectivity index (χ4n) is 3.82. The first-order valence-corrected chi connectivity index (χ1v) is 11.4. The summed E-state index contributed by atoms with van der Waals surface area (Å²) in [6, 6.07) is 3.92. The molecular formula is C21H13ClF3N3O4S. The van der Waals surface area contributed by atoms with Crippen molar-refractivity contribution < 1.29 is 30.8 Å². The van der Waals surface area contributed by atoms with Crippen LogP contribution in [0.3, 0.4) is 0 Å². The smallest absolute Gasteiger partial charge is 0.265 e. The monoisotopic (exact) mass is 495 g/mol. The van der Waals surface area contributed by atoms with Crippen molar-refractivity contribution in [3.05, 3.63) is 64.3 Å². The molecule has 0 spiro atoms. The number of ether oxygens (including phenoxy) is 1. The molecular weight excluding hydrogens is 483 g/mol. The molecule has 0 unspecified atom stereocenters. The number of fused-ring (bicyclic) bond motifs is 5. The molecule has 5 rings (SSSR count). The number of aromatic nitrogens is 2. The highest BCUT2D eigenvalue weighted by Gasteiger charge is 2.29. The van der Waals surface area contributed by atoms with Crippen LogP contribution in [0.2, 0.25) is 5.02 Å². The standard InChI is InChI=1S/C21H13ClF3N3O4S/c1-31-21-17-6-11-15(27-32-20(11)19(21)22)3-2-9-4-18(25)26-8-12(9)10-5-16(28-33(17,29)30)14(24)7-13(10)23/h4-8,28H,2-3H2,1H3. The van der Waals surface area contributed by atoms with Gasteiger partial charge in [-0.15, -0.1) is 0 Å². The topological polar surface area (TPSA) is 94.3 Å². The van der Waals surface area contributed by atoms with E-state index in [1.54, 1.807) is 0 Å². The summed E-state index contributed by atoms with van der Waals surface area (Å²) in [5.74, 6) is -3.14. The molecule has 7 nitrogen and oxygen atoms in total. The number of benzene rings is 2. The lowest BCUT2D eigenvalue weighted by Crippen LogP contribution is -2.15. The largest absolute Gasteiger partial charge is 0.494 e. The van der Waals surface area contributed by atoms with E-state index in [2.05, 4.69) is 14.9 Å². The molecule has 170 valence electrons. The van der Waals surface area contributed by atoms with Gasteiger partial charge >= 0.3 is 0 Å². The number of nitrogens with one attached hydrogen (secondary N) is 1. The van der Waals surface area contributed by atoms with E-state index < -0.39 is 33.3 Å². The summed E-state index contributed by atoms with van der Waals surface area (Å²) in [7, 11) is -3.25. The first-order valence-electron chi connectivity index (χ1n) is 9.51. The van der Waals surface area contributed by atoms with Gasteiger partial charge in [0.15, 0.2) is 11.3 Å². The lowest BCUT2D eigenvalue weighted by atomic mass is 9.96. The van der Waals surface area contributed by atoms with Crippen molar-refractivity contribution in [2.75, 3.05) is 11.8 Å². The highest BCUT2D eigenvalue weighted by atomic mass is 35.5. The molecule has 0 fully saturated rings. The van der Waals surface area contributed by atoms with Gasteiger partial charge in [0.05, 0.1) is 18.5 Å². The second-order valence-electron chi connectivity index (χ2n) is 7.31. The lowest BCUT2D eigenvalue weighted by Gasteiger charge is -2.15. The second-order valence-corrected chi connectivity index (χ2v) is 9.34. The minimum Gasteiger partial charge on any atom is -0.494 e. The number of hydrogen-bond acceptors (Lipinski definition) is 6. The van der Waals surface area contributed by atoms with Gasteiger partial charge in [0.1, 0.15) is 21.6 Å². The van der Waals surface area contributed by atoms with Crippen LogP contribution in [-0.2, 0) is 22.9 Å². The van der Waals surface area contributed by atoms with Crippen LogP contribution in [0.1, 0.15) is 11.3 Å². The first kappa shape index (κ1) is 21.5. The van der Waals surface area contributed by atoms with Gasteiger partial charge < -0.3 is 9.26 Å². The number of nitrogens with zero attached hydrogens (tertiary/aromatic N) is 2. The predicted octanol–water partition coefficient (Wildman–Crippen LogP) is 4.87. The highest BCUT2D eigenvalue weighted by molar-refractivity contribution is 7.92. The zero-order valence-electron chi connectivity index (χ0n) is 16.7. The maximum atomic E-state index is 14.7. The highest BCUT2D eigenvalue weighted by Crippen LogP contribution is 2.41. The summed E-state index contributed by atoms with van der Waals surface area (Å²) in [6.45, 7) is 0. The van der Waals surface area contributed by atoms with Crippen molar-refractivity contribution in [2.24, 2.45) is 0 Å². The van der Waals surface area contributed by atoms with Crippen LogP contribution >= 0.6 is 11.6 Å². The molecule has 0 aliphatic carbocycles. The maximum Gasteiger partial charge on any atom is 0.265 e. The Balaban J connectivity index is 1.85. The molecule has 1 N–H and O–H groups in total. The number of hydrogen-bond donors (Lipinski definition) is 1. The Hall–Kier alpha value is -3.31. The van der Waals surface area contributed by atoms with Gasteiger partial charge in [-0.2, -0.15) is 4.39 Å². The average molecular weight is 496 g/mol. The number of halogens is 4. The molecule has 33 heavy (non-hydrogen) atoms. The second kappa shape index (κ2) is 7.63. The van der Waals surface area contributed by atoms with Crippen molar-refractivity contribution in [3.8, 4) is 16.9 Å². The molecule has 0 saturated heterocycles. The Morgan fingerprint density at radius 1 is 1.09 bits per heavy atom. The van der Waals surface area contributed by atoms with Crippen molar-refractivity contribution >= 4 is 38.3 Å². The SMILES string of the molecule is COc1c2cc3c(noc3c1Cl)CCc1cc(F)ncc1-c1cc(c(F)cc1F)NS2(=O)=O. The van der Waals surface area contributed by atoms with Gasteiger partial charge in [-0.3, -0.25) is 4.72 Å². The fraction of sp³-hybridized carbons (Fsp3) is 0.143. The van der Waals surface area contributed by atoms with Crippen LogP contribution in [0, 0.1) is 17.6 Å². The Morgan fingerprint density at radius 3 is 2.64 bits per heavy atom. The zero-order valence-corrected chi connectivity index (χ0v) is 18.3. The summed E-state index contributed by atoms with van der Waals surface area (Å²) < 4.78 is 82.3. The molecule has 1 aliphatic rings. The van der Waals surface area contributed by atoms with E-state index >= 15 is 0 Å². The number of methoxy groups -OCH3 is 1. The minimum atomic E-state index is -4.46. The number of aryl methyl sites for hydroxylation is 2. The van der Waals surface area contributed by atoms with Gasteiger partial charge in [-0.25, -0.2) is 22.2 Å². The van der Waals surface area contributed by atoms with Gasteiger partial charge in [0.2, 0.25) is 5.95 Å². The summed E-state index contributed by atoms with van der Waals surface area (Å²) in [5, 5.41) is 4.12. The third kappa shape index (κ3) is 3.47. The van der Waals surface area contributed by atoms with E-state index in [4.69, 9.17) is 20.9 Å². The van der Waals surface area contributed by atoms with Gasteiger partial charge in [0, 0.05) is 28.8 Å². The quantitative estimate of drug-likeness (QED) is 0.379. The van der Waals surface area contributed by atoms with Crippen LogP contribution in [0.4, 0.5) is 18.9 Å². The fourth-order valence-corrected chi connectivity index (χ4v) is 5.45. The van der Waals surface area contributed by atoms with Crippen molar-refractivity contribution in [2.45, 2.75) is 17.7 Å². The summed E-state index contributed by atoms with van der Waals surface area (Å²) in [5.41, 5.74) is 0.290. The normalized spacial score (nSPS) is 14.7. The molecule has 4 bridgehead atoms. The molecule has 0 radical (unpaired) electrons. The minimum absolute atomic E-state index is 0.0938. The van der Waals surface area contributed by atoms with E-state index in [0.29, 0.717) is 17.3 Å². The number of anilines is 1. The van der Waals surface area contributed by atoms with Gasteiger partial charge in [0.25, 0.3) is 10.0 Å².